The fraction of sp³-hybridized carbons (Fsp3) is 0.133. The molecule has 9 nitrogen and oxygen atoms in total. The van der Waals surface area contributed by atoms with Gasteiger partial charge in [-0.05, 0) is 24.3 Å². The van der Waals surface area contributed by atoms with E-state index in [1.807, 2.05) is 0 Å². The van der Waals surface area contributed by atoms with Crippen LogP contribution < -0.4 is 20.1 Å². The number of anilines is 3. The van der Waals surface area contributed by atoms with Crippen LogP contribution in [0.3, 0.4) is 0 Å². The van der Waals surface area contributed by atoms with Crippen molar-refractivity contribution >= 4 is 38.9 Å². The van der Waals surface area contributed by atoms with Crippen LogP contribution in [-0.2, 0) is 19.6 Å². The molecule has 1 aliphatic rings. The predicted molar refractivity (Wildman–Crippen MR) is 89.9 cm³/mol. The number of benzene rings is 1. The number of aromatic nitrogens is 1. The summed E-state index contributed by atoms with van der Waals surface area (Å²) >= 11 is 0. The third kappa shape index (κ3) is 3.69. The zero-order valence-electron chi connectivity index (χ0n) is 13.1. The molecule has 0 unspecified atom stereocenters. The Morgan fingerprint density at radius 1 is 1.08 bits per heavy atom. The highest BCUT2D eigenvalue weighted by molar-refractivity contribution is 7.92. The number of nitrogens with zero attached hydrogens (tertiary/aromatic N) is 1. The number of carbonyl (C=O) groups excluding carboxylic acids is 2. The average molecular weight is 362 g/mol. The SMILES string of the molecule is COc1ccc(NS(=O)(=O)c2ccc3c(c2)NC(=O)CC(=O)N3)cn1. The second kappa shape index (κ2) is 6.40. The lowest BCUT2D eigenvalue weighted by atomic mass is 10.2. The lowest BCUT2D eigenvalue weighted by molar-refractivity contribution is -0.123. The predicted octanol–water partition coefficient (Wildman–Crippen LogP) is 1.17. The van der Waals surface area contributed by atoms with E-state index in [2.05, 4.69) is 20.3 Å². The summed E-state index contributed by atoms with van der Waals surface area (Å²) in [5.41, 5.74) is 0.806. The molecule has 0 saturated heterocycles. The molecule has 1 aromatic carbocycles. The molecule has 3 rings (SSSR count). The monoisotopic (exact) mass is 362 g/mol. The van der Waals surface area contributed by atoms with E-state index in [9.17, 15) is 18.0 Å². The minimum atomic E-state index is -3.90. The van der Waals surface area contributed by atoms with E-state index in [1.165, 1.54) is 43.6 Å². The molecule has 0 saturated carbocycles. The first kappa shape index (κ1) is 16.7. The molecular formula is C15H14N4O5S. The summed E-state index contributed by atoms with van der Waals surface area (Å²) in [5, 5.41) is 5.03. The van der Waals surface area contributed by atoms with Crippen molar-refractivity contribution in [2.45, 2.75) is 11.3 Å². The van der Waals surface area contributed by atoms with Gasteiger partial charge in [-0.15, -0.1) is 0 Å². The van der Waals surface area contributed by atoms with Crippen LogP contribution in [0.25, 0.3) is 0 Å². The van der Waals surface area contributed by atoms with E-state index in [4.69, 9.17) is 4.74 Å². The summed E-state index contributed by atoms with van der Waals surface area (Å²) in [6.45, 7) is 0. The summed E-state index contributed by atoms with van der Waals surface area (Å²) in [5.74, 6) is -0.626. The maximum Gasteiger partial charge on any atom is 0.262 e. The van der Waals surface area contributed by atoms with Crippen LogP contribution in [0.1, 0.15) is 6.42 Å². The Hall–Kier alpha value is -3.14. The molecule has 25 heavy (non-hydrogen) atoms. The standard InChI is InChI=1S/C15H14N4O5S/c1-24-15-5-2-9(8-16-15)19-25(22,23)10-3-4-11-12(6-10)18-14(21)7-13(20)17-11/h2-6,8,19H,7H2,1H3,(H,17,20)(H,18,21). The molecule has 2 amide bonds. The van der Waals surface area contributed by atoms with Gasteiger partial charge in [0.2, 0.25) is 17.7 Å². The fourth-order valence-corrected chi connectivity index (χ4v) is 3.28. The summed E-state index contributed by atoms with van der Waals surface area (Å²) in [7, 11) is -2.45. The smallest absolute Gasteiger partial charge is 0.262 e. The molecule has 2 aromatic rings. The van der Waals surface area contributed by atoms with Crippen molar-refractivity contribution in [2.75, 3.05) is 22.5 Å². The maximum absolute atomic E-state index is 12.5. The van der Waals surface area contributed by atoms with Crippen molar-refractivity contribution in [1.29, 1.82) is 0 Å². The van der Waals surface area contributed by atoms with Gasteiger partial charge in [0.1, 0.15) is 6.42 Å². The zero-order chi connectivity index (χ0) is 18.0. The van der Waals surface area contributed by atoms with Crippen LogP contribution in [0.2, 0.25) is 0 Å². The molecule has 0 fully saturated rings. The number of hydrogen-bond donors (Lipinski definition) is 3. The summed E-state index contributed by atoms with van der Waals surface area (Å²) < 4.78 is 32.3. The number of carbonyl (C=O) groups is 2. The minimum Gasteiger partial charge on any atom is -0.481 e. The molecule has 10 heteroatoms. The van der Waals surface area contributed by atoms with Crippen molar-refractivity contribution in [3.05, 3.63) is 36.5 Å². The molecular weight excluding hydrogens is 348 g/mol. The first-order valence-electron chi connectivity index (χ1n) is 7.14. The highest BCUT2D eigenvalue weighted by Crippen LogP contribution is 2.28. The number of pyridine rings is 1. The summed E-state index contributed by atoms with van der Waals surface area (Å²) in [6.07, 6.45) is 0.994. The second-order valence-electron chi connectivity index (χ2n) is 5.18. The number of nitrogens with one attached hydrogen (secondary N) is 3. The van der Waals surface area contributed by atoms with E-state index in [0.717, 1.165) is 0 Å². The molecule has 2 heterocycles. The van der Waals surface area contributed by atoms with Crippen molar-refractivity contribution in [2.24, 2.45) is 0 Å². The lowest BCUT2D eigenvalue weighted by Gasteiger charge is -2.12. The van der Waals surface area contributed by atoms with Gasteiger partial charge in [-0.3, -0.25) is 14.3 Å². The van der Waals surface area contributed by atoms with Crippen molar-refractivity contribution in [3.63, 3.8) is 0 Å². The third-order valence-corrected chi connectivity index (χ3v) is 4.75. The van der Waals surface area contributed by atoms with Crippen molar-refractivity contribution in [3.8, 4) is 5.88 Å². The van der Waals surface area contributed by atoms with Crippen LogP contribution in [0.4, 0.5) is 17.1 Å². The first-order valence-corrected chi connectivity index (χ1v) is 8.62. The van der Waals surface area contributed by atoms with Crippen LogP contribution >= 0.6 is 0 Å². The van der Waals surface area contributed by atoms with Gasteiger partial charge in [0.15, 0.2) is 0 Å². The van der Waals surface area contributed by atoms with Gasteiger partial charge in [0.25, 0.3) is 10.0 Å². The lowest BCUT2D eigenvalue weighted by Crippen LogP contribution is -2.16. The molecule has 0 aliphatic carbocycles. The van der Waals surface area contributed by atoms with Crippen LogP contribution in [0.5, 0.6) is 5.88 Å². The molecule has 0 spiro atoms. The largest absolute Gasteiger partial charge is 0.481 e. The van der Waals surface area contributed by atoms with E-state index in [0.29, 0.717) is 11.6 Å². The number of methoxy groups -OCH3 is 1. The Kier molecular flexibility index (Phi) is 4.28. The zero-order valence-corrected chi connectivity index (χ0v) is 13.9. The van der Waals surface area contributed by atoms with Gasteiger partial charge in [-0.25, -0.2) is 13.4 Å². The topological polar surface area (TPSA) is 126 Å². The first-order chi connectivity index (χ1) is 11.9. The number of amides is 2. The molecule has 0 radical (unpaired) electrons. The van der Waals surface area contributed by atoms with E-state index in [-0.39, 0.29) is 22.7 Å². The minimum absolute atomic E-state index is 0.0708. The van der Waals surface area contributed by atoms with Gasteiger partial charge < -0.3 is 15.4 Å². The van der Waals surface area contributed by atoms with E-state index < -0.39 is 21.8 Å². The van der Waals surface area contributed by atoms with Crippen molar-refractivity contribution in [1.82, 2.24) is 4.98 Å². The Bertz CT molecular complexity index is 941. The fourth-order valence-electron chi connectivity index (χ4n) is 2.21. The number of fused-ring (bicyclic) bond motifs is 1. The van der Waals surface area contributed by atoms with Gasteiger partial charge >= 0.3 is 0 Å². The van der Waals surface area contributed by atoms with E-state index in [1.54, 1.807) is 0 Å². The molecule has 1 aliphatic heterocycles. The van der Waals surface area contributed by atoms with E-state index >= 15 is 0 Å². The normalized spacial score (nSPS) is 14.0. The molecule has 1 aromatic heterocycles. The highest BCUT2D eigenvalue weighted by Gasteiger charge is 2.22. The van der Waals surface area contributed by atoms with Crippen LogP contribution in [0.15, 0.2) is 41.4 Å². The van der Waals surface area contributed by atoms with Gasteiger partial charge in [-0.1, -0.05) is 0 Å². The van der Waals surface area contributed by atoms with Crippen molar-refractivity contribution < 1.29 is 22.7 Å². The number of sulfonamides is 1. The molecule has 0 bridgehead atoms. The van der Waals surface area contributed by atoms with Crippen LogP contribution in [0, 0.1) is 0 Å². The Labute approximate surface area is 143 Å². The number of hydrogen-bond acceptors (Lipinski definition) is 6. The Morgan fingerprint density at radius 2 is 1.80 bits per heavy atom. The third-order valence-electron chi connectivity index (χ3n) is 3.37. The second-order valence-corrected chi connectivity index (χ2v) is 6.86. The Balaban J connectivity index is 1.89. The molecule has 130 valence electrons. The number of ether oxygens (including phenoxy) is 1. The van der Waals surface area contributed by atoms with Gasteiger partial charge in [-0.2, -0.15) is 0 Å². The maximum atomic E-state index is 12.5. The average Bonchev–Trinajstić information content (AvgIpc) is 2.70. The summed E-state index contributed by atoms with van der Waals surface area (Å²) in [6, 6.07) is 7.05. The molecule has 3 N–H and O–H groups in total. The molecule has 0 atom stereocenters. The van der Waals surface area contributed by atoms with Gasteiger partial charge in [0, 0.05) is 6.07 Å². The number of rotatable bonds is 4. The highest BCUT2D eigenvalue weighted by atomic mass is 32.2. The summed E-state index contributed by atoms with van der Waals surface area (Å²) in [4.78, 5) is 27.0. The Morgan fingerprint density at radius 3 is 2.44 bits per heavy atom. The quantitative estimate of drug-likeness (QED) is 0.701. The van der Waals surface area contributed by atoms with Crippen LogP contribution in [-0.4, -0.2) is 32.3 Å². The van der Waals surface area contributed by atoms with Gasteiger partial charge in [0.05, 0.1) is 35.3 Å².